The molecule has 0 aromatic heterocycles. The van der Waals surface area contributed by atoms with Crippen LogP contribution in [0.1, 0.15) is 12.8 Å². The fraction of sp³-hybridized carbons (Fsp3) is 0.692. The Bertz CT molecular complexity index is 390. The molecule has 5 unspecified atom stereocenters. The first-order chi connectivity index (χ1) is 8.20. The highest BCUT2D eigenvalue weighted by molar-refractivity contribution is 5.84. The van der Waals surface area contributed by atoms with Gasteiger partial charge in [0.05, 0.1) is 7.11 Å². The normalized spacial score (nSPS) is 40.6. The topological polar surface area (TPSA) is 55.4 Å². The Morgan fingerprint density at radius 3 is 2.76 bits per heavy atom. The van der Waals surface area contributed by atoms with Gasteiger partial charge in [0, 0.05) is 5.92 Å². The van der Waals surface area contributed by atoms with Crippen LogP contribution in [0, 0.1) is 29.6 Å². The smallest absolute Gasteiger partial charge is 0.325 e. The average molecular weight is 235 g/mol. The molecule has 92 valence electrons. The van der Waals surface area contributed by atoms with E-state index in [0.717, 1.165) is 18.3 Å². The summed E-state index contributed by atoms with van der Waals surface area (Å²) in [5.74, 6) is 2.33. The third kappa shape index (κ3) is 1.58. The fourth-order valence-corrected chi connectivity index (χ4v) is 3.79. The largest absolute Gasteiger partial charge is 0.468 e. The van der Waals surface area contributed by atoms with Crippen LogP contribution in [0.5, 0.6) is 0 Å². The van der Waals surface area contributed by atoms with Crippen molar-refractivity contribution in [1.29, 1.82) is 0 Å². The van der Waals surface area contributed by atoms with Crippen LogP contribution in [0.15, 0.2) is 12.2 Å². The van der Waals surface area contributed by atoms with Gasteiger partial charge in [0.25, 0.3) is 0 Å². The summed E-state index contributed by atoms with van der Waals surface area (Å²) in [4.78, 5) is 22.9. The second kappa shape index (κ2) is 3.86. The van der Waals surface area contributed by atoms with Crippen LogP contribution in [0.3, 0.4) is 0 Å². The van der Waals surface area contributed by atoms with E-state index in [0.29, 0.717) is 11.8 Å². The number of hydrogen-bond acceptors (Lipinski definition) is 3. The number of amides is 1. The molecule has 2 bridgehead atoms. The summed E-state index contributed by atoms with van der Waals surface area (Å²) in [5, 5.41) is 2.67. The molecular formula is C13H17NO3. The highest BCUT2D eigenvalue weighted by Crippen LogP contribution is 2.60. The quantitative estimate of drug-likeness (QED) is 0.579. The predicted octanol–water partition coefficient (Wildman–Crippen LogP) is 0.734. The van der Waals surface area contributed by atoms with Crippen LogP contribution in [0.25, 0.3) is 0 Å². The standard InChI is InChI=1S/C13H17NO3/c1-17-11(15)6-14-13(16)10-5-9-7-2-3-8(4-7)12(9)10/h2-3,7-10,12H,4-6H2,1H3,(H,14,16). The first kappa shape index (κ1) is 10.8. The molecule has 0 saturated heterocycles. The molecule has 0 spiro atoms. The van der Waals surface area contributed by atoms with Gasteiger partial charge in [-0.25, -0.2) is 0 Å². The number of nitrogens with one attached hydrogen (secondary N) is 1. The minimum absolute atomic E-state index is 0.00679. The van der Waals surface area contributed by atoms with Gasteiger partial charge in [-0.2, -0.15) is 0 Å². The molecule has 3 rings (SSSR count). The van der Waals surface area contributed by atoms with Crippen molar-refractivity contribution < 1.29 is 14.3 Å². The molecule has 3 aliphatic carbocycles. The maximum absolute atomic E-state index is 11.9. The van der Waals surface area contributed by atoms with E-state index in [1.54, 1.807) is 0 Å². The summed E-state index contributed by atoms with van der Waals surface area (Å²) in [6.07, 6.45) is 6.80. The first-order valence-electron chi connectivity index (χ1n) is 6.23. The van der Waals surface area contributed by atoms with Crippen LogP contribution >= 0.6 is 0 Å². The minimum atomic E-state index is -0.387. The van der Waals surface area contributed by atoms with Gasteiger partial charge in [-0.1, -0.05) is 12.2 Å². The Hall–Kier alpha value is -1.32. The molecule has 4 nitrogen and oxygen atoms in total. The van der Waals surface area contributed by atoms with E-state index in [2.05, 4.69) is 22.2 Å². The van der Waals surface area contributed by atoms with Crippen molar-refractivity contribution in [3.8, 4) is 0 Å². The molecular weight excluding hydrogens is 218 g/mol. The van der Waals surface area contributed by atoms with Gasteiger partial charge >= 0.3 is 5.97 Å². The molecule has 5 atom stereocenters. The summed E-state index contributed by atoms with van der Waals surface area (Å²) >= 11 is 0. The summed E-state index contributed by atoms with van der Waals surface area (Å²) in [6, 6.07) is 0. The van der Waals surface area contributed by atoms with Crippen LogP contribution in [0.2, 0.25) is 0 Å². The third-order valence-electron chi connectivity index (χ3n) is 4.65. The Labute approximate surface area is 100 Å². The lowest BCUT2D eigenvalue weighted by atomic mass is 9.60. The molecule has 17 heavy (non-hydrogen) atoms. The molecule has 0 aromatic carbocycles. The van der Waals surface area contributed by atoms with Crippen LogP contribution in [0.4, 0.5) is 0 Å². The summed E-state index contributed by atoms with van der Waals surface area (Å²) in [7, 11) is 1.33. The highest BCUT2D eigenvalue weighted by Gasteiger charge is 2.57. The second-order valence-corrected chi connectivity index (χ2v) is 5.33. The number of fused-ring (bicyclic) bond motifs is 5. The van der Waals surface area contributed by atoms with E-state index in [9.17, 15) is 9.59 Å². The third-order valence-corrected chi connectivity index (χ3v) is 4.65. The van der Waals surface area contributed by atoms with Crippen molar-refractivity contribution in [2.75, 3.05) is 13.7 Å². The molecule has 3 aliphatic rings. The zero-order valence-corrected chi connectivity index (χ0v) is 9.89. The molecule has 0 aliphatic heterocycles. The molecule has 0 aromatic rings. The van der Waals surface area contributed by atoms with Gasteiger partial charge in [0.2, 0.25) is 5.91 Å². The number of carbonyl (C=O) groups is 2. The minimum Gasteiger partial charge on any atom is -0.468 e. The van der Waals surface area contributed by atoms with Crippen molar-refractivity contribution in [3.63, 3.8) is 0 Å². The van der Waals surface area contributed by atoms with Gasteiger partial charge in [0.1, 0.15) is 6.54 Å². The monoisotopic (exact) mass is 235 g/mol. The number of carbonyl (C=O) groups excluding carboxylic acids is 2. The van der Waals surface area contributed by atoms with Crippen molar-refractivity contribution in [1.82, 2.24) is 5.32 Å². The van der Waals surface area contributed by atoms with Gasteiger partial charge < -0.3 is 10.1 Å². The molecule has 0 radical (unpaired) electrons. The molecule has 1 N–H and O–H groups in total. The first-order valence-corrected chi connectivity index (χ1v) is 6.23. The number of hydrogen-bond donors (Lipinski definition) is 1. The van der Waals surface area contributed by atoms with Crippen LogP contribution in [-0.4, -0.2) is 25.5 Å². The lowest BCUT2D eigenvalue weighted by molar-refractivity contribution is -0.143. The van der Waals surface area contributed by atoms with Gasteiger partial charge in [-0.15, -0.1) is 0 Å². The Balaban J connectivity index is 1.55. The Kier molecular flexibility index (Phi) is 2.45. The summed E-state index contributed by atoms with van der Waals surface area (Å²) in [5.41, 5.74) is 0. The van der Waals surface area contributed by atoms with E-state index < -0.39 is 0 Å². The summed E-state index contributed by atoms with van der Waals surface area (Å²) < 4.78 is 4.50. The maximum atomic E-state index is 11.9. The zero-order chi connectivity index (χ0) is 12.0. The zero-order valence-electron chi connectivity index (χ0n) is 9.89. The SMILES string of the molecule is COC(=O)CNC(=O)C1CC2C3C=CC(C3)C12. The van der Waals surface area contributed by atoms with Crippen molar-refractivity contribution >= 4 is 11.9 Å². The molecule has 2 fully saturated rings. The molecule has 0 heterocycles. The van der Waals surface area contributed by atoms with Crippen LogP contribution < -0.4 is 5.32 Å². The van der Waals surface area contributed by atoms with Crippen LogP contribution in [-0.2, 0) is 14.3 Å². The lowest BCUT2D eigenvalue weighted by Gasteiger charge is -2.44. The number of esters is 1. The van der Waals surface area contributed by atoms with E-state index in [1.165, 1.54) is 13.5 Å². The van der Waals surface area contributed by atoms with Gasteiger partial charge in [-0.3, -0.25) is 9.59 Å². The molecule has 1 amide bonds. The van der Waals surface area contributed by atoms with E-state index >= 15 is 0 Å². The molecule has 2 saturated carbocycles. The van der Waals surface area contributed by atoms with E-state index in [1.807, 2.05) is 0 Å². The number of allylic oxidation sites excluding steroid dienone is 2. The number of rotatable bonds is 3. The predicted molar refractivity (Wildman–Crippen MR) is 60.8 cm³/mol. The van der Waals surface area contributed by atoms with E-state index in [4.69, 9.17) is 0 Å². The van der Waals surface area contributed by atoms with Gasteiger partial charge in [0.15, 0.2) is 0 Å². The Morgan fingerprint density at radius 1 is 1.29 bits per heavy atom. The number of ether oxygens (including phenoxy) is 1. The summed E-state index contributed by atoms with van der Waals surface area (Å²) in [6.45, 7) is -0.00679. The highest BCUT2D eigenvalue weighted by atomic mass is 16.5. The van der Waals surface area contributed by atoms with Crippen molar-refractivity contribution in [3.05, 3.63) is 12.2 Å². The van der Waals surface area contributed by atoms with Gasteiger partial charge in [-0.05, 0) is 36.5 Å². The number of methoxy groups -OCH3 is 1. The lowest BCUT2D eigenvalue weighted by Crippen LogP contribution is -2.49. The second-order valence-electron chi connectivity index (χ2n) is 5.33. The molecule has 4 heteroatoms. The van der Waals surface area contributed by atoms with Crippen molar-refractivity contribution in [2.24, 2.45) is 29.6 Å². The fourth-order valence-electron chi connectivity index (χ4n) is 3.79. The average Bonchev–Trinajstić information content (AvgIpc) is 2.82. The van der Waals surface area contributed by atoms with E-state index in [-0.39, 0.29) is 24.3 Å². The Morgan fingerprint density at radius 2 is 2.06 bits per heavy atom. The maximum Gasteiger partial charge on any atom is 0.325 e. The van der Waals surface area contributed by atoms with Crippen molar-refractivity contribution in [2.45, 2.75) is 12.8 Å².